The van der Waals surface area contributed by atoms with Crippen LogP contribution in [0.5, 0.6) is 0 Å². The van der Waals surface area contributed by atoms with Crippen molar-refractivity contribution in [3.8, 4) is 0 Å². The lowest BCUT2D eigenvalue weighted by atomic mass is 10.0. The fraction of sp³-hybridized carbons (Fsp3) is 0.412. The van der Waals surface area contributed by atoms with Crippen LogP contribution in [0.15, 0.2) is 36.7 Å². The van der Waals surface area contributed by atoms with Gasteiger partial charge in [-0.25, -0.2) is 4.98 Å². The first-order chi connectivity index (χ1) is 10.6. The summed E-state index contributed by atoms with van der Waals surface area (Å²) < 4.78 is 0. The lowest BCUT2D eigenvalue weighted by Gasteiger charge is -2.41. The van der Waals surface area contributed by atoms with E-state index in [1.165, 1.54) is 5.56 Å². The monoisotopic (exact) mass is 298 g/mol. The molecule has 5 nitrogen and oxygen atoms in total. The van der Waals surface area contributed by atoms with Gasteiger partial charge in [-0.3, -0.25) is 9.69 Å². The number of aromatic nitrogens is 2. The Balaban J connectivity index is 1.78. The third-order valence-electron chi connectivity index (χ3n) is 4.36. The second kappa shape index (κ2) is 6.32. The lowest BCUT2D eigenvalue weighted by Crippen LogP contribution is -2.49. The summed E-state index contributed by atoms with van der Waals surface area (Å²) in [5.41, 5.74) is 3.40. The number of amides is 1. The topological polar surface area (TPSA) is 52.2 Å². The first-order valence-electron chi connectivity index (χ1n) is 7.68. The van der Waals surface area contributed by atoms with Crippen molar-refractivity contribution < 1.29 is 4.79 Å². The second-order valence-corrected chi connectivity index (χ2v) is 5.85. The Hall–Kier alpha value is -2.14. The third-order valence-corrected chi connectivity index (χ3v) is 4.36. The van der Waals surface area contributed by atoms with Crippen molar-refractivity contribution in [2.45, 2.75) is 26.4 Å². The minimum absolute atomic E-state index is 0.117. The number of rotatable bonds is 3. The molecular formula is C17H22N4O. The third kappa shape index (κ3) is 3.04. The number of H-pyrrole nitrogens is 1. The number of piperazine rings is 1. The van der Waals surface area contributed by atoms with Crippen LogP contribution in [0.1, 0.15) is 29.9 Å². The molecule has 1 atom stereocenters. The van der Waals surface area contributed by atoms with Gasteiger partial charge in [0.1, 0.15) is 0 Å². The van der Waals surface area contributed by atoms with Crippen LogP contribution in [0.3, 0.4) is 0 Å². The maximum atomic E-state index is 12.0. The molecule has 2 heterocycles. The molecule has 1 aliphatic rings. The van der Waals surface area contributed by atoms with Gasteiger partial charge in [0.05, 0.1) is 18.1 Å². The molecule has 0 spiro atoms. The summed E-state index contributed by atoms with van der Waals surface area (Å²) in [6, 6.07) is 10.4. The van der Waals surface area contributed by atoms with Crippen LogP contribution in [-0.4, -0.2) is 45.3 Å². The number of aromatic amines is 1. The van der Waals surface area contributed by atoms with Crippen molar-refractivity contribution >= 4 is 5.91 Å². The highest BCUT2D eigenvalue weighted by Gasteiger charge is 2.30. The normalized spacial score (nSPS) is 19.4. The number of hydrogen-bond acceptors (Lipinski definition) is 3. The van der Waals surface area contributed by atoms with Gasteiger partial charge in [-0.05, 0) is 12.5 Å². The molecule has 2 aromatic rings. The van der Waals surface area contributed by atoms with Crippen LogP contribution in [-0.2, 0) is 11.3 Å². The number of carbonyl (C=O) groups excluding carboxylic acids is 1. The maximum absolute atomic E-state index is 12.0. The summed E-state index contributed by atoms with van der Waals surface area (Å²) in [4.78, 5) is 23.8. The number of aryl methyl sites for hydroxylation is 1. The number of benzene rings is 1. The SMILES string of the molecule is CC(=O)N1CCN(Cc2nc[nH]c2C)C[C@@H]1c1ccccc1. The van der Waals surface area contributed by atoms with E-state index in [1.54, 1.807) is 13.3 Å². The highest BCUT2D eigenvalue weighted by Crippen LogP contribution is 2.26. The Bertz CT molecular complexity index is 637. The summed E-state index contributed by atoms with van der Waals surface area (Å²) in [6.45, 7) is 7.01. The molecule has 5 heteroatoms. The predicted molar refractivity (Wildman–Crippen MR) is 85.2 cm³/mol. The molecule has 1 N–H and O–H groups in total. The summed E-state index contributed by atoms with van der Waals surface area (Å²) in [6.07, 6.45) is 1.74. The highest BCUT2D eigenvalue weighted by molar-refractivity contribution is 5.74. The number of carbonyl (C=O) groups is 1. The summed E-state index contributed by atoms with van der Waals surface area (Å²) in [5, 5.41) is 0. The Morgan fingerprint density at radius 2 is 2.09 bits per heavy atom. The van der Waals surface area contributed by atoms with E-state index >= 15 is 0 Å². The van der Waals surface area contributed by atoms with E-state index in [1.807, 2.05) is 30.0 Å². The van der Waals surface area contributed by atoms with Crippen molar-refractivity contribution in [1.29, 1.82) is 0 Å². The van der Waals surface area contributed by atoms with Crippen LogP contribution >= 0.6 is 0 Å². The molecule has 0 bridgehead atoms. The fourth-order valence-corrected chi connectivity index (χ4v) is 3.08. The number of nitrogens with one attached hydrogen (secondary N) is 1. The van der Waals surface area contributed by atoms with Gasteiger partial charge >= 0.3 is 0 Å². The molecule has 1 aromatic carbocycles. The Kier molecular flexibility index (Phi) is 4.24. The molecule has 1 fully saturated rings. The predicted octanol–water partition coefficient (Wildman–Crippen LogP) is 2.12. The maximum Gasteiger partial charge on any atom is 0.220 e. The van der Waals surface area contributed by atoms with Crippen LogP contribution in [0.2, 0.25) is 0 Å². The smallest absolute Gasteiger partial charge is 0.220 e. The van der Waals surface area contributed by atoms with Gasteiger partial charge in [-0.2, -0.15) is 0 Å². The van der Waals surface area contributed by atoms with Gasteiger partial charge in [-0.1, -0.05) is 30.3 Å². The molecule has 0 radical (unpaired) electrons. The van der Waals surface area contributed by atoms with E-state index in [0.717, 1.165) is 37.6 Å². The molecule has 1 aliphatic heterocycles. The summed E-state index contributed by atoms with van der Waals surface area (Å²) in [7, 11) is 0. The quantitative estimate of drug-likeness (QED) is 0.944. The fourth-order valence-electron chi connectivity index (χ4n) is 3.08. The van der Waals surface area contributed by atoms with Crippen LogP contribution in [0, 0.1) is 6.92 Å². The highest BCUT2D eigenvalue weighted by atomic mass is 16.2. The van der Waals surface area contributed by atoms with Gasteiger partial charge in [0.25, 0.3) is 0 Å². The van der Waals surface area contributed by atoms with E-state index in [9.17, 15) is 4.79 Å². The molecule has 1 saturated heterocycles. The zero-order valence-electron chi connectivity index (χ0n) is 13.1. The van der Waals surface area contributed by atoms with Crippen molar-refractivity contribution in [3.05, 3.63) is 53.6 Å². The standard InChI is InChI=1S/C17H22N4O/c1-13-16(19-12-18-13)10-20-8-9-21(14(2)22)17(11-20)15-6-4-3-5-7-15/h3-7,12,17H,8-11H2,1-2H3,(H,18,19)/t17-/m1/s1. The van der Waals surface area contributed by atoms with Crippen LogP contribution in [0.4, 0.5) is 0 Å². The minimum atomic E-state index is 0.117. The summed E-state index contributed by atoms with van der Waals surface area (Å²) >= 11 is 0. The molecule has 0 saturated carbocycles. The van der Waals surface area contributed by atoms with E-state index in [0.29, 0.717) is 0 Å². The molecule has 0 unspecified atom stereocenters. The number of nitrogens with zero attached hydrogens (tertiary/aromatic N) is 3. The van der Waals surface area contributed by atoms with E-state index in [-0.39, 0.29) is 11.9 Å². The average Bonchev–Trinajstić information content (AvgIpc) is 2.93. The molecular weight excluding hydrogens is 276 g/mol. The molecule has 116 valence electrons. The Morgan fingerprint density at radius 1 is 1.32 bits per heavy atom. The van der Waals surface area contributed by atoms with Crippen molar-refractivity contribution in [3.63, 3.8) is 0 Å². The van der Waals surface area contributed by atoms with Gasteiger partial charge in [0.15, 0.2) is 0 Å². The van der Waals surface area contributed by atoms with Gasteiger partial charge in [0.2, 0.25) is 5.91 Å². The van der Waals surface area contributed by atoms with Crippen molar-refractivity contribution in [2.75, 3.05) is 19.6 Å². The van der Waals surface area contributed by atoms with Crippen LogP contribution in [0.25, 0.3) is 0 Å². The molecule has 22 heavy (non-hydrogen) atoms. The Morgan fingerprint density at radius 3 is 2.73 bits per heavy atom. The molecule has 3 rings (SSSR count). The molecule has 1 aromatic heterocycles. The van der Waals surface area contributed by atoms with E-state index < -0.39 is 0 Å². The van der Waals surface area contributed by atoms with Crippen molar-refractivity contribution in [2.24, 2.45) is 0 Å². The lowest BCUT2D eigenvalue weighted by molar-refractivity contribution is -0.134. The van der Waals surface area contributed by atoms with Crippen LogP contribution < -0.4 is 0 Å². The number of hydrogen-bond donors (Lipinski definition) is 1. The average molecular weight is 298 g/mol. The largest absolute Gasteiger partial charge is 0.348 e. The molecule has 0 aliphatic carbocycles. The summed E-state index contributed by atoms with van der Waals surface area (Å²) in [5.74, 6) is 0.143. The van der Waals surface area contributed by atoms with Gasteiger partial charge in [-0.15, -0.1) is 0 Å². The first-order valence-corrected chi connectivity index (χ1v) is 7.68. The molecule has 1 amide bonds. The first kappa shape index (κ1) is 14.8. The number of imidazole rings is 1. The zero-order valence-corrected chi connectivity index (χ0v) is 13.1. The van der Waals surface area contributed by atoms with Gasteiger partial charge in [0, 0.05) is 38.8 Å². The second-order valence-electron chi connectivity index (χ2n) is 5.85. The Labute approximate surface area is 131 Å². The van der Waals surface area contributed by atoms with E-state index in [4.69, 9.17) is 0 Å². The van der Waals surface area contributed by atoms with Crippen molar-refractivity contribution in [1.82, 2.24) is 19.8 Å². The van der Waals surface area contributed by atoms with Gasteiger partial charge < -0.3 is 9.88 Å². The van der Waals surface area contributed by atoms with E-state index in [2.05, 4.69) is 27.0 Å². The zero-order chi connectivity index (χ0) is 15.5. The minimum Gasteiger partial charge on any atom is -0.348 e.